The zero-order valence-electron chi connectivity index (χ0n) is 13.2. The van der Waals surface area contributed by atoms with E-state index in [1.54, 1.807) is 24.3 Å². The van der Waals surface area contributed by atoms with Gasteiger partial charge in [0.2, 0.25) is 0 Å². The summed E-state index contributed by atoms with van der Waals surface area (Å²) in [7, 11) is 0. The molecule has 116 valence electrons. The van der Waals surface area contributed by atoms with Gasteiger partial charge in [0, 0.05) is 0 Å². The van der Waals surface area contributed by atoms with Crippen LogP contribution in [0.2, 0.25) is 0 Å². The van der Waals surface area contributed by atoms with E-state index in [-0.39, 0.29) is 5.57 Å². The maximum atomic E-state index is 12.3. The average molecular weight is 306 g/mol. The first-order valence-electron chi connectivity index (χ1n) is 7.35. The molecule has 4 nitrogen and oxygen atoms in total. The summed E-state index contributed by atoms with van der Waals surface area (Å²) in [5.74, 6) is 0.121. The lowest BCUT2D eigenvalue weighted by molar-refractivity contribution is -0.112. The van der Waals surface area contributed by atoms with Crippen LogP contribution in [0.3, 0.4) is 0 Å². The van der Waals surface area contributed by atoms with Gasteiger partial charge in [0.05, 0.1) is 12.3 Å². The van der Waals surface area contributed by atoms with Crippen molar-refractivity contribution in [3.05, 3.63) is 65.2 Å². The summed E-state index contributed by atoms with van der Waals surface area (Å²) >= 11 is 0. The number of amides is 1. The molecule has 2 aromatic rings. The topological polar surface area (TPSA) is 62.1 Å². The van der Waals surface area contributed by atoms with E-state index >= 15 is 0 Å². The van der Waals surface area contributed by atoms with Crippen LogP contribution in [0.5, 0.6) is 5.75 Å². The molecule has 0 heterocycles. The molecule has 4 heteroatoms. The van der Waals surface area contributed by atoms with Crippen LogP contribution >= 0.6 is 0 Å². The van der Waals surface area contributed by atoms with Crippen molar-refractivity contribution >= 4 is 17.7 Å². The SMILES string of the molecule is CCOc1ccccc1NC(=O)/C(C#N)=C\c1ccc(C)cc1. The Morgan fingerprint density at radius 3 is 2.57 bits per heavy atom. The fourth-order valence-electron chi connectivity index (χ4n) is 2.02. The van der Waals surface area contributed by atoms with E-state index < -0.39 is 5.91 Å². The number of carbonyl (C=O) groups is 1. The number of nitrogens with zero attached hydrogens (tertiary/aromatic N) is 1. The van der Waals surface area contributed by atoms with E-state index in [0.717, 1.165) is 11.1 Å². The monoisotopic (exact) mass is 306 g/mol. The third-order valence-electron chi connectivity index (χ3n) is 3.19. The van der Waals surface area contributed by atoms with Crippen molar-refractivity contribution in [2.45, 2.75) is 13.8 Å². The average Bonchev–Trinajstić information content (AvgIpc) is 2.56. The number of hydrogen-bond donors (Lipinski definition) is 1. The fourth-order valence-corrected chi connectivity index (χ4v) is 2.02. The lowest BCUT2D eigenvalue weighted by atomic mass is 10.1. The second-order valence-corrected chi connectivity index (χ2v) is 4.96. The van der Waals surface area contributed by atoms with Gasteiger partial charge in [0.1, 0.15) is 17.4 Å². The second kappa shape index (κ2) is 7.81. The summed E-state index contributed by atoms with van der Waals surface area (Å²) < 4.78 is 5.47. The summed E-state index contributed by atoms with van der Waals surface area (Å²) in [4.78, 5) is 12.3. The fraction of sp³-hybridized carbons (Fsp3) is 0.158. The summed E-state index contributed by atoms with van der Waals surface area (Å²) in [6.45, 7) is 4.35. The Morgan fingerprint density at radius 2 is 1.91 bits per heavy atom. The number of hydrogen-bond acceptors (Lipinski definition) is 3. The molecule has 0 aliphatic heterocycles. The molecule has 0 fully saturated rings. The molecule has 0 radical (unpaired) electrons. The molecule has 23 heavy (non-hydrogen) atoms. The first-order valence-corrected chi connectivity index (χ1v) is 7.35. The zero-order chi connectivity index (χ0) is 16.7. The number of rotatable bonds is 5. The molecule has 2 aromatic carbocycles. The lowest BCUT2D eigenvalue weighted by Crippen LogP contribution is -2.14. The van der Waals surface area contributed by atoms with Crippen molar-refractivity contribution < 1.29 is 9.53 Å². The highest BCUT2D eigenvalue weighted by atomic mass is 16.5. The number of nitriles is 1. The normalized spacial score (nSPS) is 10.7. The quantitative estimate of drug-likeness (QED) is 0.672. The molecule has 0 saturated heterocycles. The van der Waals surface area contributed by atoms with Crippen LogP contribution < -0.4 is 10.1 Å². The maximum absolute atomic E-state index is 12.3. The number of benzene rings is 2. The van der Waals surface area contributed by atoms with E-state index in [9.17, 15) is 10.1 Å². The Balaban J connectivity index is 2.21. The van der Waals surface area contributed by atoms with Gasteiger partial charge >= 0.3 is 0 Å². The Kier molecular flexibility index (Phi) is 5.54. The molecular formula is C19H18N2O2. The number of para-hydroxylation sites is 2. The molecule has 2 rings (SSSR count). The zero-order valence-corrected chi connectivity index (χ0v) is 13.2. The minimum absolute atomic E-state index is 0.0418. The van der Waals surface area contributed by atoms with Crippen molar-refractivity contribution in [1.29, 1.82) is 5.26 Å². The van der Waals surface area contributed by atoms with Gasteiger partial charge < -0.3 is 10.1 Å². The summed E-state index contributed by atoms with van der Waals surface area (Å²) in [6, 6.07) is 16.7. The van der Waals surface area contributed by atoms with Crippen LogP contribution in [0.15, 0.2) is 54.1 Å². The summed E-state index contributed by atoms with van der Waals surface area (Å²) in [5, 5.41) is 12.0. The third-order valence-corrected chi connectivity index (χ3v) is 3.19. The Morgan fingerprint density at radius 1 is 1.22 bits per heavy atom. The van der Waals surface area contributed by atoms with Crippen LogP contribution in [-0.2, 0) is 4.79 Å². The lowest BCUT2D eigenvalue weighted by Gasteiger charge is -2.10. The molecule has 0 aliphatic rings. The highest BCUT2D eigenvalue weighted by Crippen LogP contribution is 2.24. The van der Waals surface area contributed by atoms with E-state index in [1.165, 1.54) is 0 Å². The number of carbonyl (C=O) groups excluding carboxylic acids is 1. The van der Waals surface area contributed by atoms with Crippen molar-refractivity contribution in [3.8, 4) is 11.8 Å². The van der Waals surface area contributed by atoms with Crippen molar-refractivity contribution in [2.24, 2.45) is 0 Å². The molecule has 0 saturated carbocycles. The first kappa shape index (κ1) is 16.3. The highest BCUT2D eigenvalue weighted by molar-refractivity contribution is 6.10. The second-order valence-electron chi connectivity index (χ2n) is 4.96. The van der Waals surface area contributed by atoms with Gasteiger partial charge in [-0.15, -0.1) is 0 Å². The van der Waals surface area contributed by atoms with E-state index in [1.807, 2.05) is 50.2 Å². The standard InChI is InChI=1S/C19H18N2O2/c1-3-23-18-7-5-4-6-17(18)21-19(22)16(13-20)12-15-10-8-14(2)9-11-15/h4-12H,3H2,1-2H3,(H,21,22)/b16-12-. The Hall–Kier alpha value is -3.06. The van der Waals surface area contributed by atoms with Crippen LogP contribution in [0, 0.1) is 18.3 Å². The maximum Gasteiger partial charge on any atom is 0.266 e. The van der Waals surface area contributed by atoms with E-state index in [4.69, 9.17) is 4.74 Å². The third kappa shape index (κ3) is 4.45. The van der Waals surface area contributed by atoms with Crippen molar-refractivity contribution in [3.63, 3.8) is 0 Å². The van der Waals surface area contributed by atoms with Crippen LogP contribution in [-0.4, -0.2) is 12.5 Å². The molecule has 1 N–H and O–H groups in total. The molecular weight excluding hydrogens is 288 g/mol. The predicted octanol–water partition coefficient (Wildman–Crippen LogP) is 3.94. The van der Waals surface area contributed by atoms with Crippen LogP contribution in [0.4, 0.5) is 5.69 Å². The predicted molar refractivity (Wildman–Crippen MR) is 91.0 cm³/mol. The molecule has 0 bridgehead atoms. The van der Waals surface area contributed by atoms with Crippen molar-refractivity contribution in [1.82, 2.24) is 0 Å². The first-order chi connectivity index (χ1) is 11.1. The molecule has 0 aromatic heterocycles. The van der Waals surface area contributed by atoms with Gasteiger partial charge in [-0.1, -0.05) is 42.0 Å². The molecule has 0 atom stereocenters. The van der Waals surface area contributed by atoms with Gasteiger partial charge in [0.25, 0.3) is 5.91 Å². The minimum Gasteiger partial charge on any atom is -0.492 e. The number of anilines is 1. The molecule has 0 spiro atoms. The van der Waals surface area contributed by atoms with Gasteiger partial charge in [0.15, 0.2) is 0 Å². The van der Waals surface area contributed by atoms with E-state index in [0.29, 0.717) is 18.0 Å². The summed E-state index contributed by atoms with van der Waals surface area (Å²) in [5.41, 5.74) is 2.51. The largest absolute Gasteiger partial charge is 0.492 e. The number of ether oxygens (including phenoxy) is 1. The smallest absolute Gasteiger partial charge is 0.266 e. The molecule has 0 aliphatic carbocycles. The number of aryl methyl sites for hydroxylation is 1. The van der Waals surface area contributed by atoms with Gasteiger partial charge in [-0.2, -0.15) is 5.26 Å². The van der Waals surface area contributed by atoms with Gasteiger partial charge in [-0.05, 0) is 37.6 Å². The highest BCUT2D eigenvalue weighted by Gasteiger charge is 2.12. The summed E-state index contributed by atoms with van der Waals surface area (Å²) in [6.07, 6.45) is 1.57. The minimum atomic E-state index is -0.458. The van der Waals surface area contributed by atoms with Crippen LogP contribution in [0.1, 0.15) is 18.1 Å². The number of nitrogens with one attached hydrogen (secondary N) is 1. The van der Waals surface area contributed by atoms with Gasteiger partial charge in [-0.25, -0.2) is 0 Å². The molecule has 0 unspecified atom stereocenters. The Labute approximate surface area is 136 Å². The molecule has 1 amide bonds. The van der Waals surface area contributed by atoms with Gasteiger partial charge in [-0.3, -0.25) is 4.79 Å². The van der Waals surface area contributed by atoms with Crippen LogP contribution in [0.25, 0.3) is 6.08 Å². The van der Waals surface area contributed by atoms with E-state index in [2.05, 4.69) is 5.32 Å². The Bertz CT molecular complexity index is 756. The van der Waals surface area contributed by atoms with Crippen molar-refractivity contribution in [2.75, 3.05) is 11.9 Å².